The lowest BCUT2D eigenvalue weighted by Crippen LogP contribution is -2.35. The second-order valence-corrected chi connectivity index (χ2v) is 8.22. The number of ketones is 1. The number of hydrogen-bond donors (Lipinski definition) is 0. The summed E-state index contributed by atoms with van der Waals surface area (Å²) in [6.07, 6.45) is 4.46. The van der Waals surface area contributed by atoms with Gasteiger partial charge in [-0.15, -0.1) is 0 Å². The molecule has 0 N–H and O–H groups in total. The minimum atomic E-state index is -0.170. The molecule has 1 atom stereocenters. The number of likely N-dealkylation sites (tertiary alicyclic amines) is 1. The molecule has 1 fully saturated rings. The predicted octanol–water partition coefficient (Wildman–Crippen LogP) is 5.01. The number of ether oxygens (including phenoxy) is 1. The van der Waals surface area contributed by atoms with E-state index in [-0.39, 0.29) is 11.7 Å². The van der Waals surface area contributed by atoms with Crippen molar-refractivity contribution in [2.75, 3.05) is 26.4 Å². The Morgan fingerprint density at radius 1 is 1.19 bits per heavy atom. The Kier molecular flexibility index (Phi) is 8.73. The summed E-state index contributed by atoms with van der Waals surface area (Å²) in [5.41, 5.74) is 1.24. The minimum Gasteiger partial charge on any atom is -0.366 e. The Morgan fingerprint density at radius 2 is 1.85 bits per heavy atom. The first-order chi connectivity index (χ1) is 12.4. The van der Waals surface area contributed by atoms with Crippen molar-refractivity contribution < 1.29 is 13.9 Å². The Hall–Kier alpha value is -1.26. The van der Waals surface area contributed by atoms with Gasteiger partial charge in [0.1, 0.15) is 11.6 Å². The van der Waals surface area contributed by atoms with Crippen LogP contribution in [-0.4, -0.2) is 37.1 Å². The molecule has 2 rings (SSSR count). The Morgan fingerprint density at radius 3 is 2.46 bits per heavy atom. The molecule has 0 radical (unpaired) electrons. The number of hydrogen-bond acceptors (Lipinski definition) is 3. The van der Waals surface area contributed by atoms with Crippen LogP contribution in [0.15, 0.2) is 24.3 Å². The average molecular weight is 364 g/mol. The summed E-state index contributed by atoms with van der Waals surface area (Å²) in [5, 5.41) is 0. The molecule has 1 heterocycles. The smallest absolute Gasteiger partial charge is 0.133 e. The monoisotopic (exact) mass is 363 g/mol. The van der Waals surface area contributed by atoms with Crippen LogP contribution in [0.1, 0.15) is 64.4 Å². The maximum absolute atomic E-state index is 13.0. The molecular formula is C22H34FNO2. The van der Waals surface area contributed by atoms with E-state index in [4.69, 9.17) is 4.74 Å². The third-order valence-electron chi connectivity index (χ3n) is 5.18. The molecule has 1 aromatic carbocycles. The topological polar surface area (TPSA) is 29.5 Å². The highest BCUT2D eigenvalue weighted by Crippen LogP contribution is 2.28. The van der Waals surface area contributed by atoms with E-state index in [1.54, 1.807) is 12.1 Å². The van der Waals surface area contributed by atoms with Gasteiger partial charge in [0.2, 0.25) is 0 Å². The van der Waals surface area contributed by atoms with Gasteiger partial charge in [0, 0.05) is 25.9 Å². The quantitative estimate of drug-likeness (QED) is 0.585. The first-order valence-corrected chi connectivity index (χ1v) is 10.0. The number of nitrogens with zero attached hydrogens (tertiary/aromatic N) is 1. The van der Waals surface area contributed by atoms with Gasteiger partial charge in [-0.25, -0.2) is 4.39 Å². The largest absolute Gasteiger partial charge is 0.366 e. The summed E-state index contributed by atoms with van der Waals surface area (Å²) < 4.78 is 18.9. The van der Waals surface area contributed by atoms with Gasteiger partial charge in [-0.05, 0) is 54.7 Å². The zero-order valence-electron chi connectivity index (χ0n) is 16.5. The molecule has 3 nitrogen and oxygen atoms in total. The number of halogens is 1. The maximum Gasteiger partial charge on any atom is 0.133 e. The van der Waals surface area contributed by atoms with Crippen molar-refractivity contribution in [1.82, 2.24) is 4.90 Å². The molecule has 4 heteroatoms. The summed E-state index contributed by atoms with van der Waals surface area (Å²) >= 11 is 0. The third-order valence-corrected chi connectivity index (χ3v) is 5.18. The molecule has 1 aliphatic rings. The molecule has 1 saturated heterocycles. The van der Waals surface area contributed by atoms with Crippen molar-refractivity contribution in [3.63, 3.8) is 0 Å². The van der Waals surface area contributed by atoms with Crippen LogP contribution < -0.4 is 0 Å². The molecule has 1 aromatic rings. The zero-order valence-corrected chi connectivity index (χ0v) is 16.5. The fourth-order valence-corrected chi connectivity index (χ4v) is 3.51. The van der Waals surface area contributed by atoms with Crippen molar-refractivity contribution in [1.29, 1.82) is 0 Å². The van der Waals surface area contributed by atoms with Gasteiger partial charge >= 0.3 is 0 Å². The third kappa shape index (κ3) is 7.55. The Balaban J connectivity index is 1.59. The second kappa shape index (κ2) is 10.8. The molecule has 1 aliphatic heterocycles. The van der Waals surface area contributed by atoms with Crippen LogP contribution in [0.4, 0.5) is 4.39 Å². The number of piperidine rings is 1. The lowest BCUT2D eigenvalue weighted by atomic mass is 9.90. The number of carbonyl (C=O) groups excluding carboxylic acids is 1. The highest BCUT2D eigenvalue weighted by atomic mass is 19.1. The molecule has 0 spiro atoms. The van der Waals surface area contributed by atoms with Crippen molar-refractivity contribution in [3.8, 4) is 0 Å². The maximum atomic E-state index is 13.0. The molecule has 0 amide bonds. The highest BCUT2D eigenvalue weighted by molar-refractivity contribution is 5.78. The van der Waals surface area contributed by atoms with Gasteiger partial charge in [-0.1, -0.05) is 32.9 Å². The van der Waals surface area contributed by atoms with Crippen LogP contribution in [0.2, 0.25) is 0 Å². The van der Waals surface area contributed by atoms with E-state index < -0.39 is 0 Å². The number of carbonyl (C=O) groups is 1. The summed E-state index contributed by atoms with van der Waals surface area (Å²) in [5.74, 6) is 1.57. The molecule has 26 heavy (non-hydrogen) atoms. The van der Waals surface area contributed by atoms with Crippen molar-refractivity contribution >= 4 is 5.78 Å². The van der Waals surface area contributed by atoms with Gasteiger partial charge in [0.05, 0.1) is 13.3 Å². The van der Waals surface area contributed by atoms with Crippen LogP contribution in [-0.2, 0) is 9.53 Å². The van der Waals surface area contributed by atoms with E-state index in [0.29, 0.717) is 43.8 Å². The molecule has 0 aromatic heterocycles. The number of rotatable bonds is 10. The summed E-state index contributed by atoms with van der Waals surface area (Å²) in [6.45, 7) is 9.69. The number of Topliss-reactive ketones (excluding diaryl/α,β-unsaturated/α-hetero) is 1. The van der Waals surface area contributed by atoms with E-state index in [1.807, 2.05) is 12.1 Å². The molecule has 146 valence electrons. The Labute approximate surface area is 157 Å². The molecule has 0 aliphatic carbocycles. The van der Waals surface area contributed by atoms with E-state index in [9.17, 15) is 9.18 Å². The number of benzene rings is 1. The van der Waals surface area contributed by atoms with Crippen LogP contribution in [0.5, 0.6) is 0 Å². The summed E-state index contributed by atoms with van der Waals surface area (Å²) in [6, 6.07) is 6.91. The zero-order chi connectivity index (χ0) is 18.9. The van der Waals surface area contributed by atoms with Crippen molar-refractivity contribution in [2.45, 2.75) is 58.8 Å². The normalized spacial score (nSPS) is 17.6. The molecule has 0 unspecified atom stereocenters. The second-order valence-electron chi connectivity index (χ2n) is 8.22. The van der Waals surface area contributed by atoms with Crippen LogP contribution in [0.25, 0.3) is 0 Å². The van der Waals surface area contributed by atoms with Crippen LogP contribution in [0.3, 0.4) is 0 Å². The lowest BCUT2D eigenvalue weighted by Gasteiger charge is -2.32. The first-order valence-electron chi connectivity index (χ1n) is 10.0. The van der Waals surface area contributed by atoms with E-state index in [0.717, 1.165) is 32.4 Å². The SMILES string of the molecule is CC(C)CCC(=O)C[C@H](C)COCN1CCC(c2ccc(F)cc2)CC1. The minimum absolute atomic E-state index is 0.170. The van der Waals surface area contributed by atoms with Crippen molar-refractivity contribution in [3.05, 3.63) is 35.6 Å². The fourth-order valence-electron chi connectivity index (χ4n) is 3.51. The van der Waals surface area contributed by atoms with E-state index in [1.165, 1.54) is 5.56 Å². The fraction of sp³-hybridized carbons (Fsp3) is 0.682. The summed E-state index contributed by atoms with van der Waals surface area (Å²) in [7, 11) is 0. The molecule has 0 bridgehead atoms. The highest BCUT2D eigenvalue weighted by Gasteiger charge is 2.20. The van der Waals surface area contributed by atoms with Gasteiger partial charge in [0.15, 0.2) is 0 Å². The molecule has 0 saturated carbocycles. The van der Waals surface area contributed by atoms with Crippen molar-refractivity contribution in [2.24, 2.45) is 11.8 Å². The van der Waals surface area contributed by atoms with Gasteiger partial charge in [0.25, 0.3) is 0 Å². The first kappa shape index (κ1) is 21.0. The lowest BCUT2D eigenvalue weighted by molar-refractivity contribution is -0.120. The van der Waals surface area contributed by atoms with E-state index >= 15 is 0 Å². The predicted molar refractivity (Wildman–Crippen MR) is 104 cm³/mol. The van der Waals surface area contributed by atoms with E-state index in [2.05, 4.69) is 25.7 Å². The Bertz CT molecular complexity index is 536. The molecular weight excluding hydrogens is 329 g/mol. The van der Waals surface area contributed by atoms with Gasteiger partial charge in [-0.3, -0.25) is 9.69 Å². The summed E-state index contributed by atoms with van der Waals surface area (Å²) in [4.78, 5) is 14.3. The van der Waals surface area contributed by atoms with Crippen LogP contribution >= 0.6 is 0 Å². The standard InChI is InChI=1S/C22H34FNO2/c1-17(2)4-9-22(25)14-18(3)15-26-16-24-12-10-20(11-13-24)19-5-7-21(23)8-6-19/h5-8,17-18,20H,4,9-16H2,1-3H3/t18-/m0/s1. The van der Waals surface area contributed by atoms with Crippen LogP contribution in [0, 0.1) is 17.7 Å². The van der Waals surface area contributed by atoms with Gasteiger partial charge in [-0.2, -0.15) is 0 Å². The average Bonchev–Trinajstić information content (AvgIpc) is 2.61. The van der Waals surface area contributed by atoms with Gasteiger partial charge < -0.3 is 4.74 Å².